The molecule has 0 unspecified atom stereocenters. The van der Waals surface area contributed by atoms with E-state index in [-0.39, 0.29) is 0 Å². The van der Waals surface area contributed by atoms with Gasteiger partial charge in [-0.25, -0.2) is 0 Å². The Morgan fingerprint density at radius 2 is 1.38 bits per heavy atom. The zero-order valence-corrected chi connectivity index (χ0v) is 12.4. The van der Waals surface area contributed by atoms with Crippen LogP contribution in [0.3, 0.4) is 0 Å². The summed E-state index contributed by atoms with van der Waals surface area (Å²) in [6.45, 7) is 2.43. The third-order valence-corrected chi connectivity index (χ3v) is 2.92. The second-order valence-electron chi connectivity index (χ2n) is 4.19. The molecule has 5 nitrogen and oxygen atoms in total. The van der Waals surface area contributed by atoms with E-state index in [9.17, 15) is 0 Å². The van der Waals surface area contributed by atoms with Crippen molar-refractivity contribution in [1.29, 1.82) is 0 Å². The highest BCUT2D eigenvalue weighted by molar-refractivity contribution is 5.65. The highest BCUT2D eigenvalue weighted by atomic mass is 16.5. The van der Waals surface area contributed by atoms with Crippen LogP contribution in [0.1, 0.15) is 6.92 Å². The second kappa shape index (κ2) is 6.74. The fraction of sp³-hybridized carbons (Fsp3) is 0.250. The third kappa shape index (κ3) is 3.13. The van der Waals surface area contributed by atoms with E-state index in [4.69, 9.17) is 24.7 Å². The number of nitrogens with two attached hydrogens (primary N) is 1. The lowest BCUT2D eigenvalue weighted by Gasteiger charge is -2.16. The van der Waals surface area contributed by atoms with Gasteiger partial charge in [0.25, 0.3) is 0 Å². The van der Waals surface area contributed by atoms with Crippen molar-refractivity contribution < 1.29 is 18.9 Å². The first-order chi connectivity index (χ1) is 10.2. The van der Waals surface area contributed by atoms with Crippen LogP contribution < -0.4 is 24.7 Å². The maximum atomic E-state index is 6.07. The molecule has 5 heteroatoms. The largest absolute Gasteiger partial charge is 0.493 e. The molecule has 0 saturated carbocycles. The molecule has 0 fully saturated rings. The fourth-order valence-electron chi connectivity index (χ4n) is 1.92. The fourth-order valence-corrected chi connectivity index (χ4v) is 1.92. The van der Waals surface area contributed by atoms with E-state index in [1.165, 1.54) is 0 Å². The number of anilines is 1. The van der Waals surface area contributed by atoms with Crippen LogP contribution in [0.4, 0.5) is 5.69 Å². The number of hydrogen-bond donors (Lipinski definition) is 1. The summed E-state index contributed by atoms with van der Waals surface area (Å²) in [5.74, 6) is 2.68. The Balaban J connectivity index is 2.40. The first kappa shape index (κ1) is 14.8. The molecule has 0 aliphatic heterocycles. The van der Waals surface area contributed by atoms with Gasteiger partial charge in [0.1, 0.15) is 11.4 Å². The van der Waals surface area contributed by atoms with Crippen LogP contribution in [-0.4, -0.2) is 20.8 Å². The molecule has 2 rings (SSSR count). The van der Waals surface area contributed by atoms with Gasteiger partial charge in [-0.1, -0.05) is 12.1 Å². The molecule has 0 aliphatic rings. The van der Waals surface area contributed by atoms with Crippen LogP contribution in [0, 0.1) is 0 Å². The zero-order valence-electron chi connectivity index (χ0n) is 12.4. The molecule has 21 heavy (non-hydrogen) atoms. The molecule has 0 bridgehead atoms. The van der Waals surface area contributed by atoms with Crippen molar-refractivity contribution >= 4 is 5.69 Å². The molecular weight excluding hydrogens is 270 g/mol. The molecule has 2 N–H and O–H groups in total. The monoisotopic (exact) mass is 289 g/mol. The zero-order chi connectivity index (χ0) is 15.2. The number of benzene rings is 2. The minimum atomic E-state index is 0.437. The standard InChI is InChI=1S/C16H19NO4/c1-4-20-11-7-5-8-12(15(11)17)21-16-13(18-2)9-6-10-14(16)19-3/h5-10H,4,17H2,1-3H3. The molecule has 0 amide bonds. The summed E-state index contributed by atoms with van der Waals surface area (Å²) in [5, 5.41) is 0. The Kier molecular flexibility index (Phi) is 4.77. The summed E-state index contributed by atoms with van der Waals surface area (Å²) >= 11 is 0. The van der Waals surface area contributed by atoms with Crippen molar-refractivity contribution in [3.05, 3.63) is 36.4 Å². The molecule has 0 radical (unpaired) electrons. The van der Waals surface area contributed by atoms with Crippen LogP contribution in [0.2, 0.25) is 0 Å². The van der Waals surface area contributed by atoms with Gasteiger partial charge < -0.3 is 24.7 Å². The number of ether oxygens (including phenoxy) is 4. The average molecular weight is 289 g/mol. The number of methoxy groups -OCH3 is 2. The summed E-state index contributed by atoms with van der Waals surface area (Å²) in [6.07, 6.45) is 0. The number of rotatable bonds is 6. The Morgan fingerprint density at radius 3 is 1.90 bits per heavy atom. The van der Waals surface area contributed by atoms with Crippen LogP contribution in [0.25, 0.3) is 0 Å². The second-order valence-corrected chi connectivity index (χ2v) is 4.19. The minimum Gasteiger partial charge on any atom is -0.493 e. The quantitative estimate of drug-likeness (QED) is 0.825. The average Bonchev–Trinajstić information content (AvgIpc) is 2.51. The first-order valence-corrected chi connectivity index (χ1v) is 6.61. The van der Waals surface area contributed by atoms with Gasteiger partial charge in [-0.05, 0) is 31.2 Å². The predicted octanol–water partition coefficient (Wildman–Crippen LogP) is 3.48. The number of nitrogen functional groups attached to an aromatic ring is 1. The lowest BCUT2D eigenvalue weighted by atomic mass is 10.2. The number of para-hydroxylation sites is 2. The lowest BCUT2D eigenvalue weighted by molar-refractivity contribution is 0.335. The molecule has 2 aromatic rings. The van der Waals surface area contributed by atoms with Crippen molar-refractivity contribution in [2.75, 3.05) is 26.6 Å². The summed E-state index contributed by atoms with van der Waals surface area (Å²) in [7, 11) is 3.14. The van der Waals surface area contributed by atoms with Crippen molar-refractivity contribution in [3.63, 3.8) is 0 Å². The van der Waals surface area contributed by atoms with E-state index in [1.807, 2.05) is 19.1 Å². The van der Waals surface area contributed by atoms with Crippen LogP contribution in [0.5, 0.6) is 28.7 Å². The van der Waals surface area contributed by atoms with Crippen molar-refractivity contribution in [3.8, 4) is 28.7 Å². The van der Waals surface area contributed by atoms with E-state index in [2.05, 4.69) is 0 Å². The number of hydrogen-bond acceptors (Lipinski definition) is 5. The van der Waals surface area contributed by atoms with Gasteiger partial charge in [-0.2, -0.15) is 0 Å². The topological polar surface area (TPSA) is 62.9 Å². The lowest BCUT2D eigenvalue weighted by Crippen LogP contribution is -2.00. The maximum Gasteiger partial charge on any atom is 0.211 e. The molecule has 0 aromatic heterocycles. The summed E-state index contributed by atoms with van der Waals surface area (Å²) in [5.41, 5.74) is 6.51. The van der Waals surface area contributed by atoms with Gasteiger partial charge in [0.2, 0.25) is 5.75 Å². The summed E-state index contributed by atoms with van der Waals surface area (Å²) in [6, 6.07) is 10.8. The maximum absolute atomic E-state index is 6.07. The Bertz CT molecular complexity index is 591. The Morgan fingerprint density at radius 1 is 0.857 bits per heavy atom. The SMILES string of the molecule is CCOc1cccc(Oc2c(OC)cccc2OC)c1N. The van der Waals surface area contributed by atoms with Crippen LogP contribution in [0.15, 0.2) is 36.4 Å². The molecule has 2 aromatic carbocycles. The molecule has 0 spiro atoms. The smallest absolute Gasteiger partial charge is 0.211 e. The normalized spacial score (nSPS) is 10.0. The molecule has 0 atom stereocenters. The molecular formula is C16H19NO4. The Labute approximate surface area is 124 Å². The van der Waals surface area contributed by atoms with Gasteiger partial charge in [0.15, 0.2) is 17.2 Å². The van der Waals surface area contributed by atoms with Gasteiger partial charge >= 0.3 is 0 Å². The van der Waals surface area contributed by atoms with Gasteiger partial charge in [0, 0.05) is 0 Å². The summed E-state index contributed by atoms with van der Waals surface area (Å²) in [4.78, 5) is 0. The third-order valence-electron chi connectivity index (χ3n) is 2.92. The highest BCUT2D eigenvalue weighted by Crippen LogP contribution is 2.43. The molecule has 0 saturated heterocycles. The first-order valence-electron chi connectivity index (χ1n) is 6.61. The van der Waals surface area contributed by atoms with Gasteiger partial charge in [0.05, 0.1) is 20.8 Å². The van der Waals surface area contributed by atoms with Gasteiger partial charge in [-0.3, -0.25) is 0 Å². The van der Waals surface area contributed by atoms with E-state index >= 15 is 0 Å². The minimum absolute atomic E-state index is 0.437. The van der Waals surface area contributed by atoms with Crippen LogP contribution >= 0.6 is 0 Å². The molecule has 112 valence electrons. The van der Waals surface area contributed by atoms with E-state index in [0.717, 1.165) is 0 Å². The van der Waals surface area contributed by atoms with Gasteiger partial charge in [-0.15, -0.1) is 0 Å². The molecule has 0 aliphatic carbocycles. The van der Waals surface area contributed by atoms with Crippen molar-refractivity contribution in [2.45, 2.75) is 6.92 Å². The van der Waals surface area contributed by atoms with Crippen LogP contribution in [-0.2, 0) is 0 Å². The predicted molar refractivity (Wildman–Crippen MR) is 81.6 cm³/mol. The van der Waals surface area contributed by atoms with Crippen molar-refractivity contribution in [2.24, 2.45) is 0 Å². The van der Waals surface area contributed by atoms with E-state index in [1.54, 1.807) is 38.5 Å². The highest BCUT2D eigenvalue weighted by Gasteiger charge is 2.15. The molecule has 0 heterocycles. The van der Waals surface area contributed by atoms with E-state index in [0.29, 0.717) is 41.0 Å². The Hall–Kier alpha value is -2.56. The summed E-state index contributed by atoms with van der Waals surface area (Å²) < 4.78 is 21.9. The van der Waals surface area contributed by atoms with Crippen molar-refractivity contribution in [1.82, 2.24) is 0 Å². The van der Waals surface area contributed by atoms with E-state index < -0.39 is 0 Å².